The van der Waals surface area contributed by atoms with E-state index in [4.69, 9.17) is 15.2 Å². The minimum Gasteiger partial charge on any atom is -0.493 e. The third-order valence-electron chi connectivity index (χ3n) is 5.03. The van der Waals surface area contributed by atoms with Crippen LogP contribution in [-0.4, -0.2) is 44.2 Å². The molecular weight excluding hydrogens is 340 g/mol. The van der Waals surface area contributed by atoms with E-state index in [9.17, 15) is 4.79 Å². The zero-order valence-electron chi connectivity index (χ0n) is 15.6. The van der Waals surface area contributed by atoms with E-state index in [2.05, 4.69) is 18.7 Å². The summed E-state index contributed by atoms with van der Waals surface area (Å²) < 4.78 is 10.9. The zero-order valence-corrected chi connectivity index (χ0v) is 15.6. The van der Waals surface area contributed by atoms with Gasteiger partial charge in [0, 0.05) is 24.6 Å². The van der Waals surface area contributed by atoms with Crippen LogP contribution in [0, 0.1) is 5.92 Å². The molecule has 0 radical (unpaired) electrons. The molecule has 1 amide bonds. The maximum absolute atomic E-state index is 13.1. The van der Waals surface area contributed by atoms with Crippen molar-refractivity contribution >= 4 is 5.91 Å². The summed E-state index contributed by atoms with van der Waals surface area (Å²) in [6, 6.07) is 15.5. The van der Waals surface area contributed by atoms with Gasteiger partial charge in [0.15, 0.2) is 11.5 Å². The minimum atomic E-state index is -0.0135. The highest BCUT2D eigenvalue weighted by molar-refractivity contribution is 5.95. The summed E-state index contributed by atoms with van der Waals surface area (Å²) in [4.78, 5) is 14.9. The quantitative estimate of drug-likeness (QED) is 0.765. The third-order valence-corrected chi connectivity index (χ3v) is 5.03. The molecule has 1 aliphatic rings. The Balaban J connectivity index is 1.78. The van der Waals surface area contributed by atoms with Crippen molar-refractivity contribution in [3.8, 4) is 11.5 Å². The van der Waals surface area contributed by atoms with Crippen LogP contribution in [0.2, 0.25) is 0 Å². The van der Waals surface area contributed by atoms with Gasteiger partial charge in [-0.05, 0) is 36.2 Å². The van der Waals surface area contributed by atoms with Crippen molar-refractivity contribution in [3.05, 3.63) is 72.3 Å². The molecule has 0 unspecified atom stereocenters. The van der Waals surface area contributed by atoms with Gasteiger partial charge in [0.05, 0.1) is 7.11 Å². The summed E-state index contributed by atoms with van der Waals surface area (Å²) in [6.45, 7) is 5.90. The highest BCUT2D eigenvalue weighted by Crippen LogP contribution is 2.34. The molecule has 1 heterocycles. The van der Waals surface area contributed by atoms with Crippen LogP contribution in [0.1, 0.15) is 21.8 Å². The first-order valence-corrected chi connectivity index (χ1v) is 9.14. The normalized spacial score (nSPS) is 19.0. The van der Waals surface area contributed by atoms with Crippen LogP contribution in [0.5, 0.6) is 11.5 Å². The highest BCUT2D eigenvalue weighted by atomic mass is 16.5. The Morgan fingerprint density at radius 2 is 2.00 bits per heavy atom. The van der Waals surface area contributed by atoms with Crippen LogP contribution < -0.4 is 15.2 Å². The number of ether oxygens (including phenoxy) is 2. The van der Waals surface area contributed by atoms with Crippen molar-refractivity contribution < 1.29 is 14.3 Å². The molecule has 5 heteroatoms. The molecule has 142 valence electrons. The Morgan fingerprint density at radius 1 is 1.22 bits per heavy atom. The first-order valence-electron chi connectivity index (χ1n) is 9.14. The molecule has 3 rings (SSSR count). The number of nitrogens with two attached hydrogens (primary N) is 1. The summed E-state index contributed by atoms with van der Waals surface area (Å²) in [5.74, 6) is 1.64. The van der Waals surface area contributed by atoms with Crippen LogP contribution in [0.25, 0.3) is 0 Å². The van der Waals surface area contributed by atoms with Gasteiger partial charge in [0.25, 0.3) is 5.91 Å². The van der Waals surface area contributed by atoms with Crippen molar-refractivity contribution in [3.63, 3.8) is 0 Å². The Labute approximate surface area is 160 Å². The lowest BCUT2D eigenvalue weighted by molar-refractivity contribution is 0.0786. The van der Waals surface area contributed by atoms with E-state index in [1.165, 1.54) is 5.56 Å². The predicted molar refractivity (Wildman–Crippen MR) is 106 cm³/mol. The lowest BCUT2D eigenvalue weighted by Crippen LogP contribution is -2.29. The summed E-state index contributed by atoms with van der Waals surface area (Å²) in [6.07, 6.45) is 1.67. The van der Waals surface area contributed by atoms with Crippen molar-refractivity contribution in [2.24, 2.45) is 11.7 Å². The van der Waals surface area contributed by atoms with Gasteiger partial charge >= 0.3 is 0 Å². The van der Waals surface area contributed by atoms with Crippen molar-refractivity contribution in [2.45, 2.75) is 5.92 Å². The number of amides is 1. The molecule has 0 saturated carbocycles. The second-order valence-electron chi connectivity index (χ2n) is 6.69. The van der Waals surface area contributed by atoms with Gasteiger partial charge in [-0.25, -0.2) is 0 Å². The molecule has 0 aromatic heterocycles. The van der Waals surface area contributed by atoms with E-state index in [1.54, 1.807) is 31.4 Å². The second-order valence-corrected chi connectivity index (χ2v) is 6.69. The predicted octanol–water partition coefficient (Wildman–Crippen LogP) is 3.07. The van der Waals surface area contributed by atoms with Gasteiger partial charge in [-0.1, -0.05) is 43.0 Å². The maximum Gasteiger partial charge on any atom is 0.254 e. The molecule has 2 aromatic rings. The van der Waals surface area contributed by atoms with Crippen LogP contribution in [-0.2, 0) is 0 Å². The first kappa shape index (κ1) is 19.0. The van der Waals surface area contributed by atoms with E-state index < -0.39 is 0 Å². The zero-order chi connectivity index (χ0) is 19.2. The van der Waals surface area contributed by atoms with Crippen molar-refractivity contribution in [2.75, 3.05) is 33.4 Å². The van der Waals surface area contributed by atoms with E-state index in [1.807, 2.05) is 23.1 Å². The number of likely N-dealkylation sites (tertiary alicyclic amines) is 1. The smallest absolute Gasteiger partial charge is 0.254 e. The molecule has 27 heavy (non-hydrogen) atoms. The molecule has 2 atom stereocenters. The summed E-state index contributed by atoms with van der Waals surface area (Å²) in [7, 11) is 1.57. The second kappa shape index (κ2) is 8.73. The Bertz CT molecular complexity index is 791. The lowest BCUT2D eigenvalue weighted by atomic mass is 9.89. The monoisotopic (exact) mass is 366 g/mol. The van der Waals surface area contributed by atoms with Gasteiger partial charge in [0.1, 0.15) is 6.61 Å². The highest BCUT2D eigenvalue weighted by Gasteiger charge is 2.35. The first-order chi connectivity index (χ1) is 13.2. The van der Waals surface area contributed by atoms with Crippen LogP contribution >= 0.6 is 0 Å². The molecular formula is C22H26N2O3. The number of methoxy groups -OCH3 is 1. The summed E-state index contributed by atoms with van der Waals surface area (Å²) >= 11 is 0. The average Bonchev–Trinajstić information content (AvgIpc) is 3.16. The van der Waals surface area contributed by atoms with Gasteiger partial charge in [-0.15, -0.1) is 0 Å². The number of carbonyl (C=O) groups excluding carboxylic acids is 1. The van der Waals surface area contributed by atoms with E-state index in [0.29, 0.717) is 43.3 Å². The van der Waals surface area contributed by atoms with Crippen LogP contribution in [0.15, 0.2) is 61.2 Å². The Kier molecular flexibility index (Phi) is 6.14. The number of benzene rings is 2. The van der Waals surface area contributed by atoms with Gasteiger partial charge in [-0.3, -0.25) is 4.79 Å². The molecule has 0 bridgehead atoms. The fourth-order valence-corrected chi connectivity index (χ4v) is 3.60. The van der Waals surface area contributed by atoms with Crippen LogP contribution in [0.4, 0.5) is 0 Å². The third kappa shape index (κ3) is 4.14. The van der Waals surface area contributed by atoms with Crippen molar-refractivity contribution in [1.82, 2.24) is 4.90 Å². The number of carbonyl (C=O) groups is 1. The molecule has 0 spiro atoms. The SMILES string of the molecule is C=CCOc1ccc(C(=O)N2C[C@@H](CN)[C@H](c3ccccc3)C2)cc1OC. The molecule has 0 aliphatic carbocycles. The van der Waals surface area contributed by atoms with Crippen LogP contribution in [0.3, 0.4) is 0 Å². The number of nitrogens with zero attached hydrogens (tertiary/aromatic N) is 1. The Hall–Kier alpha value is -2.79. The molecule has 1 fully saturated rings. The molecule has 5 nitrogen and oxygen atoms in total. The standard InChI is InChI=1S/C22H26N2O3/c1-3-11-27-20-10-9-17(12-21(20)26-2)22(25)24-14-18(13-23)19(15-24)16-7-5-4-6-8-16/h3-10,12,18-19H,1,11,13-15,23H2,2H3/t18-,19+/m1/s1. The lowest BCUT2D eigenvalue weighted by Gasteiger charge is -2.18. The van der Waals surface area contributed by atoms with Crippen molar-refractivity contribution in [1.29, 1.82) is 0 Å². The molecule has 2 N–H and O–H groups in total. The summed E-state index contributed by atoms with van der Waals surface area (Å²) in [5, 5.41) is 0. The molecule has 1 aliphatic heterocycles. The largest absolute Gasteiger partial charge is 0.493 e. The number of hydrogen-bond donors (Lipinski definition) is 1. The topological polar surface area (TPSA) is 64.8 Å². The molecule has 2 aromatic carbocycles. The number of hydrogen-bond acceptors (Lipinski definition) is 4. The van der Waals surface area contributed by atoms with E-state index in [0.717, 1.165) is 0 Å². The summed E-state index contributed by atoms with van der Waals surface area (Å²) in [5.41, 5.74) is 7.81. The fourth-order valence-electron chi connectivity index (χ4n) is 3.60. The van der Waals surface area contributed by atoms with Gasteiger partial charge < -0.3 is 20.1 Å². The fraction of sp³-hybridized carbons (Fsp3) is 0.318. The number of rotatable bonds is 7. The maximum atomic E-state index is 13.1. The van der Waals surface area contributed by atoms with Gasteiger partial charge in [-0.2, -0.15) is 0 Å². The van der Waals surface area contributed by atoms with E-state index >= 15 is 0 Å². The van der Waals surface area contributed by atoms with E-state index in [-0.39, 0.29) is 17.7 Å². The van der Waals surface area contributed by atoms with Gasteiger partial charge in [0.2, 0.25) is 0 Å². The molecule has 1 saturated heterocycles. The minimum absolute atomic E-state index is 0.0135. The Morgan fingerprint density at radius 3 is 2.67 bits per heavy atom. The average molecular weight is 366 g/mol.